The third-order valence-corrected chi connectivity index (χ3v) is 5.68. The summed E-state index contributed by atoms with van der Waals surface area (Å²) in [5.41, 5.74) is 1.43. The highest BCUT2D eigenvalue weighted by molar-refractivity contribution is 6.05. The number of urea groups is 1. The lowest BCUT2D eigenvalue weighted by Crippen LogP contribution is -2.34. The highest BCUT2D eigenvalue weighted by Gasteiger charge is 2.30. The minimum absolute atomic E-state index is 0.00441. The van der Waals surface area contributed by atoms with Crippen LogP contribution in [0.3, 0.4) is 0 Å². The van der Waals surface area contributed by atoms with Crippen molar-refractivity contribution in [2.45, 2.75) is 38.9 Å². The number of nitrogens with two attached hydrogens (primary N) is 1. The summed E-state index contributed by atoms with van der Waals surface area (Å²) in [6, 6.07) is 17.3. The second-order valence-electron chi connectivity index (χ2n) is 9.61. The number of carbonyl (C=O) groups is 2. The molecule has 9 nitrogen and oxygen atoms in total. The van der Waals surface area contributed by atoms with E-state index in [1.165, 1.54) is 29.2 Å². The van der Waals surface area contributed by atoms with Crippen LogP contribution in [0.1, 0.15) is 47.8 Å². The van der Waals surface area contributed by atoms with Crippen LogP contribution in [0.25, 0.3) is 0 Å². The van der Waals surface area contributed by atoms with Gasteiger partial charge in [0.05, 0.1) is 12.1 Å². The first-order chi connectivity index (χ1) is 18.3. The molecule has 39 heavy (non-hydrogen) atoms. The summed E-state index contributed by atoms with van der Waals surface area (Å²) in [6.07, 6.45) is -4.55. The summed E-state index contributed by atoms with van der Waals surface area (Å²) in [6.45, 7) is 6.22. The van der Waals surface area contributed by atoms with Crippen molar-refractivity contribution in [3.63, 3.8) is 0 Å². The third-order valence-electron chi connectivity index (χ3n) is 5.68. The maximum Gasteiger partial charge on any atom is 0.416 e. The molecule has 204 valence electrons. The minimum Gasteiger partial charge on any atom is -0.308 e. The molecule has 5 N–H and O–H groups in total. The molecule has 0 heterocycles. The van der Waals surface area contributed by atoms with Crippen LogP contribution < -0.4 is 21.4 Å². The van der Waals surface area contributed by atoms with E-state index in [0.29, 0.717) is 11.3 Å². The van der Waals surface area contributed by atoms with E-state index in [2.05, 4.69) is 41.7 Å². The molecule has 3 amide bonds. The van der Waals surface area contributed by atoms with Gasteiger partial charge in [-0.05, 0) is 59.0 Å². The summed E-state index contributed by atoms with van der Waals surface area (Å²) in [5.74, 6) is 3.74. The van der Waals surface area contributed by atoms with Crippen molar-refractivity contribution in [1.82, 2.24) is 5.32 Å². The van der Waals surface area contributed by atoms with Gasteiger partial charge in [-0.2, -0.15) is 13.2 Å². The summed E-state index contributed by atoms with van der Waals surface area (Å²) < 4.78 is 39.5. The number of benzene rings is 3. The lowest BCUT2D eigenvalue weighted by atomic mass is 9.87. The van der Waals surface area contributed by atoms with Crippen molar-refractivity contribution >= 4 is 29.3 Å². The predicted molar refractivity (Wildman–Crippen MR) is 142 cm³/mol. The SMILES string of the molecule is CC(C)(C)c1ccc(N(Cc2ccc(C(=O)NC(=N)/N=N\N)cc2)C(=O)Nc2cccc(C(F)(F)F)c2)cc1. The third kappa shape index (κ3) is 7.87. The second-order valence-corrected chi connectivity index (χ2v) is 9.61. The lowest BCUT2D eigenvalue weighted by molar-refractivity contribution is -0.137. The predicted octanol–water partition coefficient (Wildman–Crippen LogP) is 6.23. The first-order valence-corrected chi connectivity index (χ1v) is 11.7. The Morgan fingerprint density at radius 3 is 2.15 bits per heavy atom. The van der Waals surface area contributed by atoms with E-state index in [1.54, 1.807) is 24.3 Å². The van der Waals surface area contributed by atoms with Gasteiger partial charge in [0.2, 0.25) is 5.96 Å². The first-order valence-electron chi connectivity index (χ1n) is 11.7. The zero-order chi connectivity index (χ0) is 28.8. The van der Waals surface area contributed by atoms with E-state index in [0.717, 1.165) is 17.7 Å². The summed E-state index contributed by atoms with van der Waals surface area (Å²) in [7, 11) is 0. The molecule has 0 aliphatic rings. The van der Waals surface area contributed by atoms with Crippen molar-refractivity contribution < 1.29 is 22.8 Å². The van der Waals surface area contributed by atoms with Gasteiger partial charge in [-0.15, -0.1) is 0 Å². The van der Waals surface area contributed by atoms with Crippen molar-refractivity contribution in [2.24, 2.45) is 16.2 Å². The number of nitrogens with one attached hydrogen (secondary N) is 3. The topological polar surface area (TPSA) is 136 Å². The first kappa shape index (κ1) is 28.8. The molecule has 0 spiro atoms. The summed E-state index contributed by atoms with van der Waals surface area (Å²) >= 11 is 0. The van der Waals surface area contributed by atoms with Crippen LogP contribution in [0.15, 0.2) is 83.1 Å². The Kier molecular flexibility index (Phi) is 8.69. The number of rotatable bonds is 5. The van der Waals surface area contributed by atoms with Gasteiger partial charge in [0.25, 0.3) is 5.91 Å². The number of alkyl halides is 3. The number of amides is 3. The standard InChI is InChI=1S/C27H28F3N7O2/c1-26(2,3)19-11-13-22(14-12-19)37(25(39)33-21-6-4-5-20(15-21)27(28,29)30)16-17-7-9-18(10-8-17)23(38)34-24(31)35-36-32/h4-15H,16H2,1-3H3,(H,33,39)(H4,31,32,34,35,38). The highest BCUT2D eigenvalue weighted by Crippen LogP contribution is 2.31. The van der Waals surface area contributed by atoms with Crippen molar-refractivity contribution in [3.05, 3.63) is 95.1 Å². The fourth-order valence-electron chi connectivity index (χ4n) is 3.59. The Morgan fingerprint density at radius 2 is 1.59 bits per heavy atom. The minimum atomic E-state index is -4.55. The fraction of sp³-hybridized carbons (Fsp3) is 0.222. The normalized spacial score (nSPS) is 11.7. The zero-order valence-electron chi connectivity index (χ0n) is 21.5. The monoisotopic (exact) mass is 539 g/mol. The summed E-state index contributed by atoms with van der Waals surface area (Å²) in [5, 5.41) is 18.4. The Morgan fingerprint density at radius 1 is 0.949 bits per heavy atom. The Bertz CT molecular complexity index is 1360. The van der Waals surface area contributed by atoms with Gasteiger partial charge in [-0.25, -0.2) is 4.79 Å². The molecule has 12 heteroatoms. The van der Waals surface area contributed by atoms with Gasteiger partial charge in [-0.1, -0.05) is 61.4 Å². The molecule has 0 bridgehead atoms. The van der Waals surface area contributed by atoms with Crippen molar-refractivity contribution in [1.29, 1.82) is 5.41 Å². The van der Waals surface area contributed by atoms with Crippen LogP contribution >= 0.6 is 0 Å². The average Bonchev–Trinajstić information content (AvgIpc) is 2.87. The molecule has 3 aromatic rings. The highest BCUT2D eigenvalue weighted by atomic mass is 19.4. The fourth-order valence-corrected chi connectivity index (χ4v) is 3.59. The number of hydrogen-bond donors (Lipinski definition) is 4. The van der Waals surface area contributed by atoms with Crippen molar-refractivity contribution in [2.75, 3.05) is 10.2 Å². The van der Waals surface area contributed by atoms with E-state index < -0.39 is 29.6 Å². The largest absolute Gasteiger partial charge is 0.416 e. The van der Waals surface area contributed by atoms with Gasteiger partial charge in [0.15, 0.2) is 0 Å². The number of anilines is 2. The van der Waals surface area contributed by atoms with Crippen LogP contribution in [-0.2, 0) is 18.1 Å². The number of nitrogens with zero attached hydrogens (tertiary/aromatic N) is 3. The molecule has 0 radical (unpaired) electrons. The van der Waals surface area contributed by atoms with Crippen LogP contribution in [0.5, 0.6) is 0 Å². The van der Waals surface area contributed by atoms with Gasteiger partial charge >= 0.3 is 12.2 Å². The quantitative estimate of drug-likeness (QED) is 0.101. The van der Waals surface area contributed by atoms with Gasteiger partial charge in [-0.3, -0.25) is 20.4 Å². The molecule has 0 atom stereocenters. The van der Waals surface area contributed by atoms with E-state index >= 15 is 0 Å². The van der Waals surface area contributed by atoms with Crippen LogP contribution in [0, 0.1) is 5.41 Å². The van der Waals surface area contributed by atoms with Crippen molar-refractivity contribution in [3.8, 4) is 0 Å². The maximum atomic E-state index is 13.3. The van der Waals surface area contributed by atoms with Crippen LogP contribution in [0.4, 0.5) is 29.3 Å². The van der Waals surface area contributed by atoms with E-state index in [-0.39, 0.29) is 23.2 Å². The van der Waals surface area contributed by atoms with Gasteiger partial charge in [0, 0.05) is 16.9 Å². The summed E-state index contributed by atoms with van der Waals surface area (Å²) in [4.78, 5) is 27.0. The molecular weight excluding hydrogens is 511 g/mol. The molecule has 0 aliphatic carbocycles. The molecule has 0 fully saturated rings. The molecule has 0 saturated carbocycles. The van der Waals surface area contributed by atoms with Gasteiger partial charge in [0.1, 0.15) is 0 Å². The number of guanidine groups is 1. The molecule has 3 rings (SSSR count). The van der Waals surface area contributed by atoms with Crippen LogP contribution in [0.2, 0.25) is 0 Å². The molecule has 0 saturated heterocycles. The lowest BCUT2D eigenvalue weighted by Gasteiger charge is -2.25. The van der Waals surface area contributed by atoms with Crippen LogP contribution in [-0.4, -0.2) is 17.9 Å². The zero-order valence-corrected chi connectivity index (χ0v) is 21.5. The van der Waals surface area contributed by atoms with E-state index in [9.17, 15) is 22.8 Å². The Labute approximate surface area is 223 Å². The van der Waals surface area contributed by atoms with E-state index in [4.69, 9.17) is 11.3 Å². The van der Waals surface area contributed by atoms with E-state index in [1.807, 2.05) is 12.1 Å². The Hall–Kier alpha value is -4.74. The molecule has 0 aromatic heterocycles. The second kappa shape index (κ2) is 11.8. The molecule has 0 unspecified atom stereocenters. The molecular formula is C27H28F3N7O2. The number of carbonyl (C=O) groups excluding carboxylic acids is 2. The number of hydrogen-bond acceptors (Lipinski definition) is 4. The Balaban J connectivity index is 1.88. The van der Waals surface area contributed by atoms with Gasteiger partial charge < -0.3 is 11.2 Å². The molecule has 0 aliphatic heterocycles. The maximum absolute atomic E-state index is 13.3. The average molecular weight is 540 g/mol. The molecule has 3 aromatic carbocycles. The number of halogens is 3. The smallest absolute Gasteiger partial charge is 0.308 e.